The minimum Gasteiger partial charge on any atom is -0.420 e. The molecule has 0 saturated heterocycles. The van der Waals surface area contributed by atoms with Gasteiger partial charge in [-0.3, -0.25) is 4.40 Å². The quantitative estimate of drug-likeness (QED) is 0.352. The number of rotatable bonds is 4. The van der Waals surface area contributed by atoms with Crippen molar-refractivity contribution in [3.8, 4) is 11.5 Å². The maximum absolute atomic E-state index is 13.0. The van der Waals surface area contributed by atoms with Crippen molar-refractivity contribution in [2.75, 3.05) is 0 Å². The summed E-state index contributed by atoms with van der Waals surface area (Å²) in [5.74, 6) is 0.843. The zero-order valence-corrected chi connectivity index (χ0v) is 16.8. The summed E-state index contributed by atoms with van der Waals surface area (Å²) in [4.78, 5) is 0. The van der Waals surface area contributed by atoms with Crippen LogP contribution in [-0.4, -0.2) is 24.8 Å². The van der Waals surface area contributed by atoms with Crippen LogP contribution in [0.25, 0.3) is 17.1 Å². The van der Waals surface area contributed by atoms with Gasteiger partial charge >= 0.3 is 6.18 Å². The number of hydrogen-bond acceptors (Lipinski definition) is 6. The highest BCUT2D eigenvalue weighted by atomic mass is 79.9. The molecule has 0 spiro atoms. The molecule has 144 valence electrons. The van der Waals surface area contributed by atoms with Crippen molar-refractivity contribution >= 4 is 44.9 Å². The molecular weight excluding hydrogens is 483 g/mol. The number of fused-ring (bicyclic) bond motifs is 1. The lowest BCUT2D eigenvalue weighted by Crippen LogP contribution is -2.07. The van der Waals surface area contributed by atoms with E-state index in [1.807, 2.05) is 24.3 Å². The van der Waals surface area contributed by atoms with Gasteiger partial charge in [-0.05, 0) is 24.3 Å². The van der Waals surface area contributed by atoms with E-state index in [-0.39, 0.29) is 21.6 Å². The summed E-state index contributed by atoms with van der Waals surface area (Å²) in [7, 11) is 0. The second-order valence-corrected chi connectivity index (χ2v) is 7.82. The molecule has 4 rings (SSSR count). The molecule has 0 radical (unpaired) electrons. The van der Waals surface area contributed by atoms with Gasteiger partial charge in [0.1, 0.15) is 0 Å². The van der Waals surface area contributed by atoms with Crippen LogP contribution in [0.15, 0.2) is 50.6 Å². The van der Waals surface area contributed by atoms with Gasteiger partial charge in [-0.25, -0.2) is 0 Å². The summed E-state index contributed by atoms with van der Waals surface area (Å²) < 4.78 is 46.7. The molecule has 0 fully saturated rings. The summed E-state index contributed by atoms with van der Waals surface area (Å²) in [6.45, 7) is 0. The van der Waals surface area contributed by atoms with E-state index in [1.54, 1.807) is 0 Å². The van der Waals surface area contributed by atoms with E-state index in [2.05, 4.69) is 36.3 Å². The molecule has 4 aromatic rings. The average Bonchev–Trinajstić information content (AvgIpc) is 3.26. The fraction of sp³-hybridized carbons (Fsp3) is 0.125. The Balaban J connectivity index is 1.57. The highest BCUT2D eigenvalue weighted by Crippen LogP contribution is 2.33. The van der Waals surface area contributed by atoms with Crippen molar-refractivity contribution < 1.29 is 17.6 Å². The summed E-state index contributed by atoms with van der Waals surface area (Å²) in [6.07, 6.45) is -3.63. The van der Waals surface area contributed by atoms with Crippen LogP contribution < -0.4 is 0 Å². The van der Waals surface area contributed by atoms with Gasteiger partial charge in [0.25, 0.3) is 0 Å². The first-order chi connectivity index (χ1) is 13.3. The number of halogens is 5. The van der Waals surface area contributed by atoms with Crippen LogP contribution in [0, 0.1) is 0 Å². The molecule has 12 heteroatoms. The summed E-state index contributed by atoms with van der Waals surface area (Å²) in [6, 6.07) is 8.18. The lowest BCUT2D eigenvalue weighted by Gasteiger charge is -2.08. The normalized spacial score (nSPS) is 12.0. The first-order valence-electron chi connectivity index (χ1n) is 7.64. The maximum atomic E-state index is 13.0. The van der Waals surface area contributed by atoms with Gasteiger partial charge in [-0.2, -0.15) is 13.2 Å². The zero-order chi connectivity index (χ0) is 19.9. The Morgan fingerprint density at radius 3 is 2.71 bits per heavy atom. The van der Waals surface area contributed by atoms with Crippen molar-refractivity contribution in [2.45, 2.75) is 17.1 Å². The van der Waals surface area contributed by atoms with E-state index >= 15 is 0 Å². The Morgan fingerprint density at radius 1 is 1.14 bits per heavy atom. The third-order valence-electron chi connectivity index (χ3n) is 3.62. The van der Waals surface area contributed by atoms with E-state index in [1.165, 1.54) is 4.40 Å². The average molecular weight is 491 g/mol. The maximum Gasteiger partial charge on any atom is 0.417 e. The summed E-state index contributed by atoms with van der Waals surface area (Å²) >= 11 is 10.4. The van der Waals surface area contributed by atoms with Gasteiger partial charge < -0.3 is 4.42 Å². The molecule has 0 aliphatic carbocycles. The fourth-order valence-electron chi connectivity index (χ4n) is 2.36. The third-order valence-corrected chi connectivity index (χ3v) is 5.32. The largest absolute Gasteiger partial charge is 0.420 e. The molecular formula is C16H8BrClF3N5OS. The van der Waals surface area contributed by atoms with Crippen LogP contribution in [0.1, 0.15) is 11.5 Å². The van der Waals surface area contributed by atoms with Crippen LogP contribution >= 0.6 is 39.3 Å². The standard InChI is InChI=1S/C16H8BrClF3N5OS/c17-10-3-1-2-8(4-10)14-24-22-12(27-14)7-28-15-25-23-13-11(18)5-9(6-26(13)15)16(19,20)21/h1-6H,7H2. The van der Waals surface area contributed by atoms with Gasteiger partial charge in [-0.1, -0.05) is 45.4 Å². The number of pyridine rings is 1. The fourth-order valence-corrected chi connectivity index (χ4v) is 3.76. The number of hydrogen-bond donors (Lipinski definition) is 0. The molecule has 0 N–H and O–H groups in total. The topological polar surface area (TPSA) is 69.1 Å². The van der Waals surface area contributed by atoms with Crippen LogP contribution in [0.3, 0.4) is 0 Å². The van der Waals surface area contributed by atoms with Crippen LogP contribution in [-0.2, 0) is 11.9 Å². The first-order valence-corrected chi connectivity index (χ1v) is 9.79. The van der Waals surface area contributed by atoms with Crippen LogP contribution in [0.5, 0.6) is 0 Å². The molecule has 0 saturated carbocycles. The van der Waals surface area contributed by atoms with Crippen molar-refractivity contribution in [1.29, 1.82) is 0 Å². The number of alkyl halides is 3. The van der Waals surface area contributed by atoms with E-state index in [0.717, 1.165) is 34.1 Å². The Kier molecular flexibility index (Phi) is 5.06. The van der Waals surface area contributed by atoms with Gasteiger partial charge in [0.15, 0.2) is 10.8 Å². The summed E-state index contributed by atoms with van der Waals surface area (Å²) in [5.41, 5.74) is -0.00782. The minimum atomic E-state index is -4.53. The van der Waals surface area contributed by atoms with Crippen LogP contribution in [0.2, 0.25) is 5.02 Å². The lowest BCUT2D eigenvalue weighted by molar-refractivity contribution is -0.137. The minimum absolute atomic E-state index is 0.135. The number of thioether (sulfide) groups is 1. The predicted molar refractivity (Wildman–Crippen MR) is 100.0 cm³/mol. The molecule has 0 bridgehead atoms. The molecule has 3 aromatic heterocycles. The monoisotopic (exact) mass is 489 g/mol. The second kappa shape index (κ2) is 7.37. The summed E-state index contributed by atoms with van der Waals surface area (Å²) in [5, 5.41) is 15.8. The molecule has 0 amide bonds. The molecule has 0 aliphatic rings. The lowest BCUT2D eigenvalue weighted by atomic mass is 10.2. The zero-order valence-electron chi connectivity index (χ0n) is 13.6. The molecule has 6 nitrogen and oxygen atoms in total. The Labute approximate surface area is 173 Å². The van der Waals surface area contributed by atoms with Crippen molar-refractivity contribution in [3.05, 3.63) is 57.5 Å². The Hall–Kier alpha value is -2.11. The first kappa shape index (κ1) is 19.2. The smallest absolute Gasteiger partial charge is 0.417 e. The van der Waals surface area contributed by atoms with Crippen molar-refractivity contribution in [1.82, 2.24) is 24.8 Å². The van der Waals surface area contributed by atoms with E-state index in [0.29, 0.717) is 11.8 Å². The molecule has 0 aliphatic heterocycles. The highest BCUT2D eigenvalue weighted by Gasteiger charge is 2.32. The second-order valence-electron chi connectivity index (χ2n) is 5.55. The molecule has 3 heterocycles. The highest BCUT2D eigenvalue weighted by molar-refractivity contribution is 9.10. The Bertz CT molecular complexity index is 1160. The van der Waals surface area contributed by atoms with Gasteiger partial charge in [0.2, 0.25) is 11.8 Å². The molecule has 0 unspecified atom stereocenters. The number of nitrogens with zero attached hydrogens (tertiary/aromatic N) is 5. The van der Waals surface area contributed by atoms with E-state index < -0.39 is 11.7 Å². The molecule has 28 heavy (non-hydrogen) atoms. The predicted octanol–water partition coefficient (Wildman–Crippen LogP) is 5.51. The molecule has 1 aromatic carbocycles. The van der Waals surface area contributed by atoms with E-state index in [4.69, 9.17) is 16.0 Å². The van der Waals surface area contributed by atoms with Crippen LogP contribution in [0.4, 0.5) is 13.2 Å². The van der Waals surface area contributed by atoms with Crippen molar-refractivity contribution in [3.63, 3.8) is 0 Å². The SMILES string of the molecule is FC(F)(F)c1cc(Cl)c2nnc(SCc3nnc(-c4cccc(Br)c4)o3)n2c1. The van der Waals surface area contributed by atoms with Gasteiger partial charge in [-0.15, -0.1) is 20.4 Å². The Morgan fingerprint density at radius 2 is 1.96 bits per heavy atom. The number of benzene rings is 1. The third kappa shape index (κ3) is 3.87. The van der Waals surface area contributed by atoms with Gasteiger partial charge in [0, 0.05) is 16.2 Å². The number of aromatic nitrogens is 5. The van der Waals surface area contributed by atoms with E-state index in [9.17, 15) is 13.2 Å². The van der Waals surface area contributed by atoms with Gasteiger partial charge in [0.05, 0.1) is 16.3 Å². The molecule has 0 atom stereocenters. The van der Waals surface area contributed by atoms with Crippen molar-refractivity contribution in [2.24, 2.45) is 0 Å².